The van der Waals surface area contributed by atoms with Gasteiger partial charge in [0.2, 0.25) is 0 Å². The van der Waals surface area contributed by atoms with Gasteiger partial charge >= 0.3 is 0 Å². The molecule has 68 valence electrons. The van der Waals surface area contributed by atoms with Gasteiger partial charge in [-0.2, -0.15) is 0 Å². The molecule has 2 rings (SSSR count). The van der Waals surface area contributed by atoms with Crippen molar-refractivity contribution in [1.82, 2.24) is 4.57 Å². The van der Waals surface area contributed by atoms with Crippen molar-refractivity contribution in [3.05, 3.63) is 32.6 Å². The van der Waals surface area contributed by atoms with Gasteiger partial charge < -0.3 is 0 Å². The smallest absolute Gasteiger partial charge is 0.297 e. The highest BCUT2D eigenvalue weighted by Gasteiger charge is 2.23. The molecule has 1 aromatic rings. The maximum absolute atomic E-state index is 11.2. The number of hydrogen-bond donors (Lipinski definition) is 0. The fourth-order valence-electron chi connectivity index (χ4n) is 1.29. The summed E-state index contributed by atoms with van der Waals surface area (Å²) in [5, 5.41) is 11.0. The molecule has 1 aromatic heterocycles. The first-order valence-electron chi connectivity index (χ1n) is 3.71. The topological polar surface area (TPSA) is 65.1 Å². The molecular weight excluding hydrogens is 192 g/mol. The Labute approximate surface area is 77.5 Å². The van der Waals surface area contributed by atoms with Crippen LogP contribution in [0.25, 0.3) is 0 Å². The minimum Gasteiger partial charge on any atom is -0.297 e. The third-order valence-electron chi connectivity index (χ3n) is 1.86. The second-order valence-electron chi connectivity index (χ2n) is 2.62. The first kappa shape index (κ1) is 8.31. The van der Waals surface area contributed by atoms with Crippen molar-refractivity contribution in [1.29, 1.82) is 0 Å². The average molecular weight is 198 g/mol. The molecule has 2 heterocycles. The lowest BCUT2D eigenvalue weighted by molar-refractivity contribution is -0.388. The SMILES string of the molecule is O=c1ccc([N+](=O)[O-])c2n1CCS2. The molecule has 0 fully saturated rings. The number of aromatic nitrogens is 1. The molecule has 0 aromatic carbocycles. The van der Waals surface area contributed by atoms with Crippen LogP contribution in [0.4, 0.5) is 5.69 Å². The molecule has 0 amide bonds. The number of pyridine rings is 1. The summed E-state index contributed by atoms with van der Waals surface area (Å²) in [5.74, 6) is 0.736. The molecule has 0 saturated carbocycles. The summed E-state index contributed by atoms with van der Waals surface area (Å²) in [4.78, 5) is 21.3. The lowest BCUT2D eigenvalue weighted by atomic mass is 10.4. The maximum atomic E-state index is 11.2. The second-order valence-corrected chi connectivity index (χ2v) is 3.70. The second kappa shape index (κ2) is 2.88. The summed E-state index contributed by atoms with van der Waals surface area (Å²) in [7, 11) is 0. The minimum absolute atomic E-state index is 0.0297. The zero-order valence-electron chi connectivity index (χ0n) is 6.60. The normalized spacial score (nSPS) is 14.2. The van der Waals surface area contributed by atoms with Crippen molar-refractivity contribution in [3.8, 4) is 0 Å². The van der Waals surface area contributed by atoms with E-state index >= 15 is 0 Å². The third kappa shape index (κ3) is 1.23. The zero-order valence-corrected chi connectivity index (χ0v) is 7.41. The van der Waals surface area contributed by atoms with Gasteiger partial charge in [0.25, 0.3) is 11.2 Å². The van der Waals surface area contributed by atoms with E-state index in [9.17, 15) is 14.9 Å². The standard InChI is InChI=1S/C7H6N2O3S/c10-6-2-1-5(9(11)12)7-8(6)3-4-13-7/h1-2H,3-4H2. The Hall–Kier alpha value is -1.30. The van der Waals surface area contributed by atoms with Crippen LogP contribution < -0.4 is 5.56 Å². The summed E-state index contributed by atoms with van der Waals surface area (Å²) in [5.41, 5.74) is -0.132. The molecule has 0 unspecified atom stereocenters. The number of nitro groups is 1. The van der Waals surface area contributed by atoms with Crippen molar-refractivity contribution in [2.24, 2.45) is 0 Å². The van der Waals surface area contributed by atoms with Crippen molar-refractivity contribution in [2.45, 2.75) is 11.6 Å². The first-order chi connectivity index (χ1) is 6.20. The van der Waals surface area contributed by atoms with E-state index in [0.29, 0.717) is 11.6 Å². The van der Waals surface area contributed by atoms with E-state index in [1.54, 1.807) is 0 Å². The highest BCUT2D eigenvalue weighted by molar-refractivity contribution is 7.99. The number of thioether (sulfide) groups is 1. The largest absolute Gasteiger partial charge is 0.299 e. The van der Waals surface area contributed by atoms with Gasteiger partial charge in [-0.15, -0.1) is 0 Å². The van der Waals surface area contributed by atoms with Crippen molar-refractivity contribution in [3.63, 3.8) is 0 Å². The summed E-state index contributed by atoms with van der Waals surface area (Å²) in [6, 6.07) is 2.51. The molecular formula is C7H6N2O3S. The molecule has 1 aliphatic rings. The molecule has 6 heteroatoms. The van der Waals surface area contributed by atoms with Gasteiger partial charge in [-0.05, 0) is 0 Å². The van der Waals surface area contributed by atoms with Crippen LogP contribution in [0.2, 0.25) is 0 Å². The Morgan fingerprint density at radius 3 is 3.00 bits per heavy atom. The fraction of sp³-hybridized carbons (Fsp3) is 0.286. The van der Waals surface area contributed by atoms with Crippen molar-refractivity contribution in [2.75, 3.05) is 5.75 Å². The Morgan fingerprint density at radius 1 is 1.54 bits per heavy atom. The molecule has 13 heavy (non-hydrogen) atoms. The predicted molar refractivity (Wildman–Crippen MR) is 48.1 cm³/mol. The minimum atomic E-state index is -0.455. The van der Waals surface area contributed by atoms with E-state index in [1.165, 1.54) is 28.5 Å². The average Bonchev–Trinajstić information content (AvgIpc) is 2.53. The molecule has 0 saturated heterocycles. The van der Waals surface area contributed by atoms with E-state index in [0.717, 1.165) is 5.75 Å². The van der Waals surface area contributed by atoms with Crippen LogP contribution in [0.1, 0.15) is 0 Å². The molecule has 0 bridgehead atoms. The van der Waals surface area contributed by atoms with Gasteiger partial charge in [0.15, 0.2) is 5.03 Å². The van der Waals surface area contributed by atoms with E-state index in [-0.39, 0.29) is 11.2 Å². The lowest BCUT2D eigenvalue weighted by Crippen LogP contribution is -2.18. The monoisotopic (exact) mass is 198 g/mol. The van der Waals surface area contributed by atoms with Crippen LogP contribution in [-0.4, -0.2) is 15.2 Å². The molecule has 0 radical (unpaired) electrons. The Balaban J connectivity index is 2.69. The summed E-state index contributed by atoms with van der Waals surface area (Å²) in [6.07, 6.45) is 0. The summed E-state index contributed by atoms with van der Waals surface area (Å²) >= 11 is 1.36. The van der Waals surface area contributed by atoms with Crippen LogP contribution in [0.15, 0.2) is 22.0 Å². The predicted octanol–water partition coefficient (Wildman–Crippen LogP) is 0.862. The quantitative estimate of drug-likeness (QED) is 0.496. The maximum Gasteiger partial charge on any atom is 0.299 e. The van der Waals surface area contributed by atoms with Crippen molar-refractivity contribution < 1.29 is 4.92 Å². The number of hydrogen-bond acceptors (Lipinski definition) is 4. The first-order valence-corrected chi connectivity index (χ1v) is 4.70. The van der Waals surface area contributed by atoms with Crippen LogP contribution in [0.3, 0.4) is 0 Å². The number of fused-ring (bicyclic) bond motifs is 1. The molecule has 0 atom stereocenters. The number of rotatable bonds is 1. The Kier molecular flexibility index (Phi) is 1.84. The molecule has 1 aliphatic heterocycles. The van der Waals surface area contributed by atoms with Gasteiger partial charge in [0, 0.05) is 24.4 Å². The Bertz CT molecular complexity index is 426. The van der Waals surface area contributed by atoms with Gasteiger partial charge in [-0.25, -0.2) is 0 Å². The lowest BCUT2D eigenvalue weighted by Gasteiger charge is -2.00. The molecule has 0 spiro atoms. The fourth-order valence-corrected chi connectivity index (χ4v) is 2.38. The molecule has 5 nitrogen and oxygen atoms in total. The highest BCUT2D eigenvalue weighted by Crippen LogP contribution is 2.31. The van der Waals surface area contributed by atoms with Crippen LogP contribution in [0, 0.1) is 10.1 Å². The van der Waals surface area contributed by atoms with Gasteiger partial charge in [-0.3, -0.25) is 19.5 Å². The van der Waals surface area contributed by atoms with Crippen LogP contribution >= 0.6 is 11.8 Å². The van der Waals surface area contributed by atoms with E-state index in [1.807, 2.05) is 0 Å². The molecule has 0 aliphatic carbocycles. The van der Waals surface area contributed by atoms with Crippen LogP contribution in [-0.2, 0) is 6.54 Å². The van der Waals surface area contributed by atoms with Crippen molar-refractivity contribution >= 4 is 17.4 Å². The van der Waals surface area contributed by atoms with E-state index in [2.05, 4.69) is 0 Å². The van der Waals surface area contributed by atoms with Gasteiger partial charge in [0.05, 0.1) is 4.92 Å². The highest BCUT2D eigenvalue weighted by atomic mass is 32.2. The number of nitrogens with zero attached hydrogens (tertiary/aromatic N) is 2. The van der Waals surface area contributed by atoms with E-state index < -0.39 is 4.92 Å². The van der Waals surface area contributed by atoms with Gasteiger partial charge in [0.1, 0.15) is 0 Å². The van der Waals surface area contributed by atoms with Crippen LogP contribution in [0.5, 0.6) is 0 Å². The summed E-state index contributed by atoms with van der Waals surface area (Å²) in [6.45, 7) is 0.570. The zero-order chi connectivity index (χ0) is 9.42. The van der Waals surface area contributed by atoms with Gasteiger partial charge in [-0.1, -0.05) is 11.8 Å². The van der Waals surface area contributed by atoms with E-state index in [4.69, 9.17) is 0 Å². The third-order valence-corrected chi connectivity index (χ3v) is 2.95. The molecule has 0 N–H and O–H groups in total. The Morgan fingerprint density at radius 2 is 2.31 bits per heavy atom. The summed E-state index contributed by atoms with van der Waals surface area (Å²) < 4.78 is 1.45.